The number of hydrogen-bond donors (Lipinski definition) is 1. The van der Waals surface area contributed by atoms with Crippen molar-refractivity contribution >= 4 is 11.9 Å². The normalized spacial score (nSPS) is 33.2. The zero-order valence-corrected chi connectivity index (χ0v) is 16.5. The first kappa shape index (κ1) is 17.5. The third kappa shape index (κ3) is 3.04. The standard InChI is InChI=1S/C20H31N5O2/c1-13(2)18-22-19(27-23-18)25-14-3-4-15(25)10-16(9-14)24-7-5-20(6-8-24)11-17(26)21-12-20/h13-16H,3-12H2,1-2H3,(H,21,26). The van der Waals surface area contributed by atoms with Gasteiger partial charge in [0, 0.05) is 37.0 Å². The zero-order chi connectivity index (χ0) is 18.6. The molecule has 4 fully saturated rings. The monoisotopic (exact) mass is 373 g/mol. The van der Waals surface area contributed by atoms with Crippen molar-refractivity contribution in [1.29, 1.82) is 0 Å². The summed E-state index contributed by atoms with van der Waals surface area (Å²) in [5.74, 6) is 1.36. The van der Waals surface area contributed by atoms with Crippen LogP contribution < -0.4 is 10.2 Å². The average molecular weight is 374 g/mol. The van der Waals surface area contributed by atoms with Gasteiger partial charge in [0.1, 0.15) is 0 Å². The molecule has 5 rings (SSSR count). The largest absolute Gasteiger partial charge is 0.356 e. The van der Waals surface area contributed by atoms with Crippen LogP contribution in [0.4, 0.5) is 6.01 Å². The molecule has 1 aromatic rings. The molecule has 148 valence electrons. The van der Waals surface area contributed by atoms with Gasteiger partial charge in [-0.2, -0.15) is 4.98 Å². The number of nitrogens with zero attached hydrogens (tertiary/aromatic N) is 4. The molecule has 2 unspecified atom stereocenters. The first-order valence-electron chi connectivity index (χ1n) is 10.7. The minimum Gasteiger partial charge on any atom is -0.356 e. The number of piperidine rings is 2. The molecule has 5 heterocycles. The van der Waals surface area contributed by atoms with Crippen molar-refractivity contribution < 1.29 is 9.32 Å². The summed E-state index contributed by atoms with van der Waals surface area (Å²) in [6.45, 7) is 7.37. The predicted molar refractivity (Wildman–Crippen MR) is 102 cm³/mol. The molecule has 1 N–H and O–H groups in total. The van der Waals surface area contributed by atoms with Gasteiger partial charge in [-0.3, -0.25) is 4.79 Å². The topological polar surface area (TPSA) is 74.5 Å². The number of aromatic nitrogens is 2. The van der Waals surface area contributed by atoms with E-state index in [2.05, 4.69) is 39.1 Å². The van der Waals surface area contributed by atoms with Crippen LogP contribution in [0.15, 0.2) is 4.52 Å². The van der Waals surface area contributed by atoms with Crippen molar-refractivity contribution in [3.63, 3.8) is 0 Å². The quantitative estimate of drug-likeness (QED) is 0.876. The zero-order valence-electron chi connectivity index (χ0n) is 16.5. The number of rotatable bonds is 3. The van der Waals surface area contributed by atoms with Crippen molar-refractivity contribution in [2.45, 2.75) is 82.8 Å². The Labute approximate surface area is 160 Å². The fourth-order valence-electron chi connectivity index (χ4n) is 5.79. The van der Waals surface area contributed by atoms with Gasteiger partial charge in [0.15, 0.2) is 5.82 Å². The number of carbonyl (C=O) groups is 1. The maximum Gasteiger partial charge on any atom is 0.324 e. The average Bonchev–Trinajstić information content (AvgIpc) is 3.33. The second kappa shape index (κ2) is 6.47. The smallest absolute Gasteiger partial charge is 0.324 e. The first-order valence-corrected chi connectivity index (χ1v) is 10.7. The van der Waals surface area contributed by atoms with Gasteiger partial charge in [0.25, 0.3) is 0 Å². The number of likely N-dealkylation sites (tertiary alicyclic amines) is 1. The van der Waals surface area contributed by atoms with Crippen LogP contribution in [-0.2, 0) is 4.79 Å². The maximum atomic E-state index is 11.7. The Morgan fingerprint density at radius 2 is 1.85 bits per heavy atom. The molecule has 2 atom stereocenters. The highest BCUT2D eigenvalue weighted by molar-refractivity contribution is 5.79. The van der Waals surface area contributed by atoms with Crippen LogP contribution in [0.3, 0.4) is 0 Å². The van der Waals surface area contributed by atoms with Gasteiger partial charge in [-0.25, -0.2) is 0 Å². The lowest BCUT2D eigenvalue weighted by atomic mass is 9.77. The summed E-state index contributed by atoms with van der Waals surface area (Å²) in [5, 5.41) is 7.22. The summed E-state index contributed by atoms with van der Waals surface area (Å²) in [5.41, 5.74) is 0.240. The Balaban J connectivity index is 1.23. The molecular formula is C20H31N5O2. The van der Waals surface area contributed by atoms with E-state index in [1.165, 1.54) is 25.7 Å². The molecule has 7 nitrogen and oxygen atoms in total. The predicted octanol–water partition coefficient (Wildman–Crippen LogP) is 2.29. The summed E-state index contributed by atoms with van der Waals surface area (Å²) in [4.78, 5) is 21.4. The van der Waals surface area contributed by atoms with E-state index in [4.69, 9.17) is 4.52 Å². The molecule has 1 amide bonds. The maximum absolute atomic E-state index is 11.7. The van der Waals surface area contributed by atoms with Crippen LogP contribution in [0.2, 0.25) is 0 Å². The SMILES string of the molecule is CC(C)c1noc(N2C3CCC2CC(N2CCC4(CC2)CNC(=O)C4)C3)n1. The molecule has 0 aliphatic carbocycles. The molecule has 27 heavy (non-hydrogen) atoms. The van der Waals surface area contributed by atoms with E-state index in [1.807, 2.05) is 0 Å². The number of anilines is 1. The summed E-state index contributed by atoms with van der Waals surface area (Å²) < 4.78 is 5.61. The minimum absolute atomic E-state index is 0.240. The second-order valence-electron chi connectivity index (χ2n) is 9.50. The summed E-state index contributed by atoms with van der Waals surface area (Å²) in [6, 6.07) is 2.45. The lowest BCUT2D eigenvalue weighted by Gasteiger charge is -2.46. The summed E-state index contributed by atoms with van der Waals surface area (Å²) >= 11 is 0. The molecule has 4 saturated heterocycles. The van der Waals surface area contributed by atoms with Crippen LogP contribution in [0.25, 0.3) is 0 Å². The van der Waals surface area contributed by atoms with Gasteiger partial charge < -0.3 is 19.6 Å². The third-order valence-corrected chi connectivity index (χ3v) is 7.45. The second-order valence-corrected chi connectivity index (χ2v) is 9.50. The highest BCUT2D eigenvalue weighted by Gasteiger charge is 2.47. The van der Waals surface area contributed by atoms with Gasteiger partial charge in [0.05, 0.1) is 0 Å². The Hall–Kier alpha value is -1.63. The van der Waals surface area contributed by atoms with Crippen molar-refractivity contribution in [2.24, 2.45) is 5.41 Å². The number of fused-ring (bicyclic) bond motifs is 2. The Morgan fingerprint density at radius 1 is 1.15 bits per heavy atom. The van der Waals surface area contributed by atoms with E-state index in [1.54, 1.807) is 0 Å². The van der Waals surface area contributed by atoms with Gasteiger partial charge >= 0.3 is 6.01 Å². The van der Waals surface area contributed by atoms with Gasteiger partial charge in [-0.05, 0) is 57.0 Å². The fourth-order valence-corrected chi connectivity index (χ4v) is 5.79. The molecule has 4 aliphatic heterocycles. The van der Waals surface area contributed by atoms with Crippen molar-refractivity contribution in [3.8, 4) is 0 Å². The van der Waals surface area contributed by atoms with Crippen molar-refractivity contribution in [2.75, 3.05) is 24.5 Å². The number of hydrogen-bond acceptors (Lipinski definition) is 6. The number of nitrogens with one attached hydrogen (secondary N) is 1. The highest BCUT2D eigenvalue weighted by atomic mass is 16.5. The highest BCUT2D eigenvalue weighted by Crippen LogP contribution is 2.43. The molecule has 0 radical (unpaired) electrons. The molecule has 0 aromatic carbocycles. The van der Waals surface area contributed by atoms with E-state index in [0.29, 0.717) is 24.0 Å². The molecule has 1 aromatic heterocycles. The third-order valence-electron chi connectivity index (χ3n) is 7.45. The van der Waals surface area contributed by atoms with Gasteiger partial charge in [-0.1, -0.05) is 19.0 Å². The van der Waals surface area contributed by atoms with Crippen LogP contribution >= 0.6 is 0 Å². The van der Waals surface area contributed by atoms with E-state index < -0.39 is 0 Å². The van der Waals surface area contributed by atoms with Crippen LogP contribution in [0, 0.1) is 5.41 Å². The molecular weight excluding hydrogens is 342 g/mol. The Bertz CT molecular complexity index is 695. The van der Waals surface area contributed by atoms with E-state index in [9.17, 15) is 4.79 Å². The van der Waals surface area contributed by atoms with Crippen LogP contribution in [-0.4, -0.2) is 58.7 Å². The minimum atomic E-state index is 0.240. The van der Waals surface area contributed by atoms with Gasteiger partial charge in [-0.15, -0.1) is 0 Å². The Morgan fingerprint density at radius 3 is 2.41 bits per heavy atom. The lowest BCUT2D eigenvalue weighted by molar-refractivity contribution is -0.119. The number of amides is 1. The van der Waals surface area contributed by atoms with Crippen LogP contribution in [0.5, 0.6) is 0 Å². The number of carbonyl (C=O) groups excluding carboxylic acids is 1. The van der Waals surface area contributed by atoms with E-state index >= 15 is 0 Å². The van der Waals surface area contributed by atoms with Gasteiger partial charge in [0.2, 0.25) is 5.91 Å². The van der Waals surface area contributed by atoms with E-state index in [-0.39, 0.29) is 11.3 Å². The van der Waals surface area contributed by atoms with Crippen molar-refractivity contribution in [1.82, 2.24) is 20.4 Å². The Kier molecular flexibility index (Phi) is 4.18. The van der Waals surface area contributed by atoms with Crippen LogP contribution in [0.1, 0.15) is 70.5 Å². The summed E-state index contributed by atoms with van der Waals surface area (Å²) in [7, 11) is 0. The molecule has 2 bridgehead atoms. The summed E-state index contributed by atoms with van der Waals surface area (Å²) in [6.07, 6.45) is 7.90. The molecule has 1 spiro atoms. The van der Waals surface area contributed by atoms with Crippen molar-refractivity contribution in [3.05, 3.63) is 5.82 Å². The lowest BCUT2D eigenvalue weighted by Crippen LogP contribution is -2.53. The van der Waals surface area contributed by atoms with E-state index in [0.717, 1.165) is 50.7 Å². The molecule has 7 heteroatoms. The first-order chi connectivity index (χ1) is 13.0. The fraction of sp³-hybridized carbons (Fsp3) is 0.850. The molecule has 4 aliphatic rings. The molecule has 0 saturated carbocycles.